The third-order valence-corrected chi connectivity index (χ3v) is 3.28. The maximum atomic E-state index is 11.8. The number of alkyl carbamates (subject to hydrolysis) is 1. The molecule has 20 heavy (non-hydrogen) atoms. The summed E-state index contributed by atoms with van der Waals surface area (Å²) in [4.78, 5) is 23.8. The lowest BCUT2D eigenvalue weighted by molar-refractivity contribution is 0.0500. The fourth-order valence-electron chi connectivity index (χ4n) is 1.57. The molecule has 1 heterocycles. The Hall–Kier alpha value is -1.60. The fraction of sp³-hybridized carbons (Fsp3) is 0.538. The van der Waals surface area contributed by atoms with E-state index in [-0.39, 0.29) is 6.54 Å². The van der Waals surface area contributed by atoms with Crippen LogP contribution in [0.4, 0.5) is 4.79 Å². The van der Waals surface area contributed by atoms with E-state index in [1.54, 1.807) is 32.2 Å². The zero-order chi connectivity index (χ0) is 15.3. The van der Waals surface area contributed by atoms with Gasteiger partial charge in [0.2, 0.25) is 0 Å². The Morgan fingerprint density at radius 2 is 2.10 bits per heavy atom. The van der Waals surface area contributed by atoms with Crippen molar-refractivity contribution in [2.75, 3.05) is 13.7 Å². The summed E-state index contributed by atoms with van der Waals surface area (Å²) in [5.74, 6) is -0.445. The lowest BCUT2D eigenvalue weighted by atomic mass is 10.1. The van der Waals surface area contributed by atoms with Gasteiger partial charge in [-0.2, -0.15) is 0 Å². The lowest BCUT2D eigenvalue weighted by Crippen LogP contribution is -2.38. The van der Waals surface area contributed by atoms with Crippen molar-refractivity contribution in [3.8, 4) is 0 Å². The second-order valence-corrected chi connectivity index (χ2v) is 6.05. The molecule has 0 bridgehead atoms. The normalized spacial score (nSPS) is 12.7. The number of hydrogen-bond acceptors (Lipinski definition) is 6. The highest BCUT2D eigenvalue weighted by Gasteiger charge is 2.24. The van der Waals surface area contributed by atoms with Crippen molar-refractivity contribution in [2.45, 2.75) is 32.4 Å². The van der Waals surface area contributed by atoms with Gasteiger partial charge in [-0.25, -0.2) is 9.59 Å². The van der Waals surface area contributed by atoms with Crippen LogP contribution in [0.2, 0.25) is 0 Å². The Morgan fingerprint density at radius 1 is 1.45 bits per heavy atom. The quantitative estimate of drug-likeness (QED) is 0.831. The van der Waals surface area contributed by atoms with Crippen LogP contribution < -0.4 is 11.1 Å². The summed E-state index contributed by atoms with van der Waals surface area (Å²) < 4.78 is 9.88. The number of hydrogen-bond donors (Lipinski definition) is 2. The number of esters is 1. The average Bonchev–Trinajstić information content (AvgIpc) is 2.81. The maximum Gasteiger partial charge on any atom is 0.408 e. The predicted molar refractivity (Wildman–Crippen MR) is 76.8 cm³/mol. The highest BCUT2D eigenvalue weighted by molar-refractivity contribution is 7.12. The molecule has 3 N–H and O–H groups in total. The van der Waals surface area contributed by atoms with E-state index in [9.17, 15) is 9.59 Å². The minimum absolute atomic E-state index is 0.153. The molecule has 1 atom stereocenters. The van der Waals surface area contributed by atoms with Gasteiger partial charge in [0.05, 0.1) is 13.2 Å². The number of nitrogens with two attached hydrogens (primary N) is 1. The topological polar surface area (TPSA) is 90.6 Å². The Morgan fingerprint density at radius 3 is 2.60 bits per heavy atom. The number of methoxy groups -OCH3 is 1. The van der Waals surface area contributed by atoms with E-state index < -0.39 is 23.7 Å². The van der Waals surface area contributed by atoms with Crippen molar-refractivity contribution in [3.05, 3.63) is 21.9 Å². The molecule has 1 amide bonds. The second-order valence-electron chi connectivity index (χ2n) is 5.13. The van der Waals surface area contributed by atoms with Gasteiger partial charge < -0.3 is 20.5 Å². The van der Waals surface area contributed by atoms with E-state index in [2.05, 4.69) is 5.32 Å². The largest absolute Gasteiger partial charge is 0.465 e. The van der Waals surface area contributed by atoms with E-state index >= 15 is 0 Å². The minimum Gasteiger partial charge on any atom is -0.465 e. The molecular weight excluding hydrogens is 280 g/mol. The van der Waals surface area contributed by atoms with Crippen LogP contribution in [0.25, 0.3) is 0 Å². The minimum atomic E-state index is -0.594. The van der Waals surface area contributed by atoms with Crippen molar-refractivity contribution in [1.29, 1.82) is 0 Å². The molecule has 0 aliphatic heterocycles. The summed E-state index contributed by atoms with van der Waals surface area (Å²) in [6.07, 6.45) is -0.574. The van der Waals surface area contributed by atoms with Crippen LogP contribution in [0.5, 0.6) is 0 Å². The monoisotopic (exact) mass is 300 g/mol. The Bertz CT molecular complexity index is 479. The van der Waals surface area contributed by atoms with Crippen molar-refractivity contribution in [1.82, 2.24) is 5.32 Å². The van der Waals surface area contributed by atoms with Gasteiger partial charge in [0.1, 0.15) is 10.5 Å². The van der Waals surface area contributed by atoms with Crippen LogP contribution >= 0.6 is 11.3 Å². The van der Waals surface area contributed by atoms with Crippen LogP contribution in [-0.2, 0) is 9.47 Å². The van der Waals surface area contributed by atoms with Gasteiger partial charge >= 0.3 is 12.1 Å². The molecule has 0 aromatic carbocycles. The molecule has 6 nitrogen and oxygen atoms in total. The smallest absolute Gasteiger partial charge is 0.408 e. The van der Waals surface area contributed by atoms with Crippen molar-refractivity contribution < 1.29 is 19.1 Å². The van der Waals surface area contributed by atoms with Crippen LogP contribution in [-0.4, -0.2) is 31.3 Å². The Balaban J connectivity index is 2.84. The molecule has 1 aromatic heterocycles. The third kappa shape index (κ3) is 4.50. The first-order valence-electron chi connectivity index (χ1n) is 6.13. The van der Waals surface area contributed by atoms with E-state index in [1.165, 1.54) is 18.4 Å². The molecule has 0 saturated carbocycles. The van der Waals surface area contributed by atoms with Crippen LogP contribution in [0, 0.1) is 0 Å². The summed E-state index contributed by atoms with van der Waals surface area (Å²) in [6, 6.07) is 1.25. The molecule has 1 rings (SSSR count). The van der Waals surface area contributed by atoms with Gasteiger partial charge in [-0.3, -0.25) is 0 Å². The van der Waals surface area contributed by atoms with Crippen molar-refractivity contribution >= 4 is 23.4 Å². The van der Waals surface area contributed by atoms with Gasteiger partial charge in [0.15, 0.2) is 0 Å². The van der Waals surface area contributed by atoms with Crippen molar-refractivity contribution in [2.24, 2.45) is 5.73 Å². The number of carbonyl (C=O) groups excluding carboxylic acids is 2. The molecule has 0 radical (unpaired) electrons. The summed E-state index contributed by atoms with van der Waals surface area (Å²) in [5.41, 5.74) is 5.71. The summed E-state index contributed by atoms with van der Waals surface area (Å²) in [7, 11) is 1.31. The standard InChI is InChI=1S/C13H20N2O4S/c1-13(2,3)19-12(17)15-9(7-14)8-5-6-20-10(8)11(16)18-4/h5-6,9H,7,14H2,1-4H3,(H,15,17). The predicted octanol–water partition coefficient (Wildman–Crippen LogP) is 2.06. The number of ether oxygens (including phenoxy) is 2. The van der Waals surface area contributed by atoms with Crippen molar-refractivity contribution in [3.63, 3.8) is 0 Å². The fourth-order valence-corrected chi connectivity index (χ4v) is 2.44. The van der Waals surface area contributed by atoms with E-state index in [1.807, 2.05) is 0 Å². The van der Waals surface area contributed by atoms with Gasteiger partial charge in [0, 0.05) is 12.1 Å². The van der Waals surface area contributed by atoms with Gasteiger partial charge in [-0.05, 0) is 32.2 Å². The molecule has 0 spiro atoms. The third-order valence-electron chi connectivity index (χ3n) is 2.37. The van der Waals surface area contributed by atoms with E-state index in [4.69, 9.17) is 15.2 Å². The van der Waals surface area contributed by atoms with Gasteiger partial charge in [0.25, 0.3) is 0 Å². The molecule has 0 fully saturated rings. The average molecular weight is 300 g/mol. The van der Waals surface area contributed by atoms with Gasteiger partial charge in [-0.1, -0.05) is 0 Å². The zero-order valence-corrected chi connectivity index (χ0v) is 12.9. The van der Waals surface area contributed by atoms with Crippen LogP contribution in [0.15, 0.2) is 11.4 Å². The lowest BCUT2D eigenvalue weighted by Gasteiger charge is -2.23. The highest BCUT2D eigenvalue weighted by atomic mass is 32.1. The molecular formula is C13H20N2O4S. The van der Waals surface area contributed by atoms with E-state index in [0.717, 1.165) is 0 Å². The Kier molecular flexibility index (Phi) is 5.52. The number of rotatable bonds is 4. The number of thiophene rings is 1. The number of amides is 1. The molecule has 112 valence electrons. The van der Waals surface area contributed by atoms with E-state index in [0.29, 0.717) is 10.4 Å². The van der Waals surface area contributed by atoms with Crippen LogP contribution in [0.1, 0.15) is 42.0 Å². The molecule has 0 aliphatic rings. The first-order chi connectivity index (χ1) is 9.28. The first-order valence-corrected chi connectivity index (χ1v) is 7.01. The SMILES string of the molecule is COC(=O)c1sccc1C(CN)NC(=O)OC(C)(C)C. The molecule has 0 aliphatic carbocycles. The van der Waals surface area contributed by atoms with Gasteiger partial charge in [-0.15, -0.1) is 11.3 Å². The van der Waals surface area contributed by atoms with Crippen LogP contribution in [0.3, 0.4) is 0 Å². The Labute approximate surface area is 122 Å². The number of nitrogens with one attached hydrogen (secondary N) is 1. The number of carbonyl (C=O) groups is 2. The molecule has 1 aromatic rings. The second kappa shape index (κ2) is 6.71. The zero-order valence-electron chi connectivity index (χ0n) is 12.1. The summed E-state index contributed by atoms with van der Waals surface area (Å²) in [6.45, 7) is 5.47. The summed E-state index contributed by atoms with van der Waals surface area (Å²) in [5, 5.41) is 4.41. The molecule has 0 saturated heterocycles. The maximum absolute atomic E-state index is 11.8. The first kappa shape index (κ1) is 16.5. The highest BCUT2D eigenvalue weighted by Crippen LogP contribution is 2.24. The molecule has 7 heteroatoms. The molecule has 1 unspecified atom stereocenters. The summed E-state index contributed by atoms with van der Waals surface area (Å²) >= 11 is 1.24.